The molecule has 0 aliphatic carbocycles. The molecule has 96 valence electrons. The molecule has 0 atom stereocenters. The Morgan fingerprint density at radius 3 is 2.68 bits per heavy atom. The lowest BCUT2D eigenvalue weighted by Crippen LogP contribution is -2.03. The van der Waals surface area contributed by atoms with Gasteiger partial charge in [-0.05, 0) is 24.3 Å². The van der Waals surface area contributed by atoms with Crippen molar-refractivity contribution in [2.75, 3.05) is 5.73 Å². The molecule has 0 unspecified atom stereocenters. The molecular formula is C13H8ClF2N3. The molecule has 1 aromatic heterocycles. The molecule has 3 nitrogen and oxygen atoms in total. The minimum atomic E-state index is -0.731. The molecule has 0 spiro atoms. The predicted octanol–water partition coefficient (Wildman–Crippen LogP) is 3.54. The molecule has 0 aliphatic rings. The second-order valence-corrected chi connectivity index (χ2v) is 4.42. The topological polar surface area (TPSA) is 43.8 Å². The fourth-order valence-corrected chi connectivity index (χ4v) is 2.26. The lowest BCUT2D eigenvalue weighted by Gasteiger charge is -2.08. The van der Waals surface area contributed by atoms with Gasteiger partial charge in [0.25, 0.3) is 0 Å². The SMILES string of the molecule is Nc1nc2cccc(Cl)c2n1-c1ccc(F)cc1F. The van der Waals surface area contributed by atoms with Gasteiger partial charge in [-0.1, -0.05) is 17.7 Å². The Morgan fingerprint density at radius 2 is 1.95 bits per heavy atom. The van der Waals surface area contributed by atoms with E-state index in [1.807, 2.05) is 0 Å². The summed E-state index contributed by atoms with van der Waals surface area (Å²) in [6.45, 7) is 0. The van der Waals surface area contributed by atoms with Crippen LogP contribution in [0.15, 0.2) is 36.4 Å². The summed E-state index contributed by atoms with van der Waals surface area (Å²) in [5, 5.41) is 0.394. The summed E-state index contributed by atoms with van der Waals surface area (Å²) in [7, 11) is 0. The molecule has 0 fully saturated rings. The highest BCUT2D eigenvalue weighted by Gasteiger charge is 2.16. The number of hydrogen-bond donors (Lipinski definition) is 1. The summed E-state index contributed by atoms with van der Waals surface area (Å²) in [5.74, 6) is -1.30. The second kappa shape index (κ2) is 4.20. The summed E-state index contributed by atoms with van der Waals surface area (Å²) < 4.78 is 28.2. The molecule has 0 radical (unpaired) electrons. The Kier molecular flexibility index (Phi) is 2.64. The van der Waals surface area contributed by atoms with Crippen molar-refractivity contribution < 1.29 is 8.78 Å². The molecule has 3 rings (SSSR count). The third kappa shape index (κ3) is 1.82. The number of hydrogen-bond acceptors (Lipinski definition) is 2. The third-order valence-electron chi connectivity index (χ3n) is 2.80. The van der Waals surface area contributed by atoms with Gasteiger partial charge >= 0.3 is 0 Å². The summed E-state index contributed by atoms with van der Waals surface area (Å²) in [6.07, 6.45) is 0. The van der Waals surface area contributed by atoms with Crippen molar-refractivity contribution in [2.24, 2.45) is 0 Å². The van der Waals surface area contributed by atoms with Gasteiger partial charge in [0.2, 0.25) is 5.95 Å². The van der Waals surface area contributed by atoms with Crippen molar-refractivity contribution in [3.63, 3.8) is 0 Å². The monoisotopic (exact) mass is 279 g/mol. The van der Waals surface area contributed by atoms with Crippen LogP contribution < -0.4 is 5.73 Å². The predicted molar refractivity (Wildman–Crippen MR) is 70.4 cm³/mol. The number of fused-ring (bicyclic) bond motifs is 1. The van der Waals surface area contributed by atoms with E-state index < -0.39 is 11.6 Å². The van der Waals surface area contributed by atoms with Gasteiger partial charge in [-0.15, -0.1) is 0 Å². The number of nitrogens with zero attached hydrogens (tertiary/aromatic N) is 2. The molecule has 19 heavy (non-hydrogen) atoms. The number of rotatable bonds is 1. The maximum atomic E-state index is 13.9. The van der Waals surface area contributed by atoms with Gasteiger partial charge in [0.15, 0.2) is 0 Å². The average molecular weight is 280 g/mol. The number of nitrogen functional groups attached to an aromatic ring is 1. The van der Waals surface area contributed by atoms with E-state index in [0.717, 1.165) is 12.1 Å². The van der Waals surface area contributed by atoms with Crippen LogP contribution in [0.3, 0.4) is 0 Å². The number of halogens is 3. The third-order valence-corrected chi connectivity index (χ3v) is 3.11. The van der Waals surface area contributed by atoms with Gasteiger partial charge in [-0.3, -0.25) is 4.57 Å². The lowest BCUT2D eigenvalue weighted by atomic mass is 10.2. The fraction of sp³-hybridized carbons (Fsp3) is 0. The van der Waals surface area contributed by atoms with E-state index in [-0.39, 0.29) is 11.6 Å². The van der Waals surface area contributed by atoms with E-state index in [4.69, 9.17) is 17.3 Å². The van der Waals surface area contributed by atoms with Crippen LogP contribution in [0.2, 0.25) is 5.02 Å². The molecule has 0 saturated carbocycles. The van der Waals surface area contributed by atoms with Crippen LogP contribution in [0.25, 0.3) is 16.7 Å². The van der Waals surface area contributed by atoms with Crippen molar-refractivity contribution in [3.05, 3.63) is 53.1 Å². The highest BCUT2D eigenvalue weighted by Crippen LogP contribution is 2.30. The molecule has 2 N–H and O–H groups in total. The van der Waals surface area contributed by atoms with Gasteiger partial charge < -0.3 is 5.73 Å². The number of nitrogens with two attached hydrogens (primary N) is 1. The molecule has 3 aromatic rings. The van der Waals surface area contributed by atoms with Gasteiger partial charge in [-0.2, -0.15) is 0 Å². The van der Waals surface area contributed by atoms with Crippen molar-refractivity contribution in [1.29, 1.82) is 0 Å². The number of anilines is 1. The Bertz CT molecular complexity index is 783. The Morgan fingerprint density at radius 1 is 1.16 bits per heavy atom. The fourth-order valence-electron chi connectivity index (χ4n) is 2.01. The normalized spacial score (nSPS) is 11.1. The first-order valence-corrected chi connectivity index (χ1v) is 5.83. The smallest absolute Gasteiger partial charge is 0.206 e. The number of aromatic nitrogens is 2. The molecule has 0 amide bonds. The number of benzene rings is 2. The first-order chi connectivity index (χ1) is 9.08. The summed E-state index contributed by atoms with van der Waals surface area (Å²) in [4.78, 5) is 4.11. The maximum Gasteiger partial charge on any atom is 0.206 e. The zero-order valence-electron chi connectivity index (χ0n) is 9.57. The van der Waals surface area contributed by atoms with Crippen molar-refractivity contribution in [2.45, 2.75) is 0 Å². The highest BCUT2D eigenvalue weighted by molar-refractivity contribution is 6.35. The lowest BCUT2D eigenvalue weighted by molar-refractivity contribution is 0.579. The molecule has 1 heterocycles. The van der Waals surface area contributed by atoms with E-state index in [2.05, 4.69) is 4.98 Å². The van der Waals surface area contributed by atoms with E-state index in [9.17, 15) is 8.78 Å². The molecule has 0 bridgehead atoms. The second-order valence-electron chi connectivity index (χ2n) is 4.01. The largest absolute Gasteiger partial charge is 0.369 e. The minimum Gasteiger partial charge on any atom is -0.369 e. The van der Waals surface area contributed by atoms with Crippen LogP contribution in [0.4, 0.5) is 14.7 Å². The van der Waals surface area contributed by atoms with E-state index in [1.165, 1.54) is 10.6 Å². The zero-order chi connectivity index (χ0) is 13.6. The molecule has 0 saturated heterocycles. The quantitative estimate of drug-likeness (QED) is 0.740. The van der Waals surface area contributed by atoms with Gasteiger partial charge in [0.1, 0.15) is 11.6 Å². The standard InChI is InChI=1S/C13H8ClF2N3/c14-8-2-1-3-10-12(8)19(13(17)18-10)11-5-4-7(15)6-9(11)16/h1-6H,(H2,17,18). The van der Waals surface area contributed by atoms with Crippen molar-refractivity contribution >= 4 is 28.6 Å². The van der Waals surface area contributed by atoms with Crippen LogP contribution in [0.1, 0.15) is 0 Å². The summed E-state index contributed by atoms with van der Waals surface area (Å²) in [6, 6.07) is 8.34. The highest BCUT2D eigenvalue weighted by atomic mass is 35.5. The average Bonchev–Trinajstić information content (AvgIpc) is 2.67. The molecule has 6 heteroatoms. The molecule has 0 aliphatic heterocycles. The number of imidazole rings is 1. The van der Waals surface area contributed by atoms with Gasteiger partial charge in [-0.25, -0.2) is 13.8 Å². The van der Waals surface area contributed by atoms with Gasteiger partial charge in [0, 0.05) is 6.07 Å². The minimum absolute atomic E-state index is 0.0913. The van der Waals surface area contributed by atoms with Crippen LogP contribution in [-0.2, 0) is 0 Å². The van der Waals surface area contributed by atoms with Crippen LogP contribution in [0.5, 0.6) is 0 Å². The summed E-state index contributed by atoms with van der Waals surface area (Å²) in [5.41, 5.74) is 6.94. The van der Waals surface area contributed by atoms with E-state index in [0.29, 0.717) is 16.1 Å². The molecular weight excluding hydrogens is 272 g/mol. The molecule has 2 aromatic carbocycles. The maximum absolute atomic E-state index is 13.9. The van der Waals surface area contributed by atoms with Crippen molar-refractivity contribution in [1.82, 2.24) is 9.55 Å². The van der Waals surface area contributed by atoms with Gasteiger partial charge in [0.05, 0.1) is 21.7 Å². The Labute approximate surface area is 112 Å². The first kappa shape index (κ1) is 11.9. The van der Waals surface area contributed by atoms with Crippen LogP contribution in [0, 0.1) is 11.6 Å². The number of para-hydroxylation sites is 1. The summed E-state index contributed by atoms with van der Waals surface area (Å²) >= 11 is 6.10. The van der Waals surface area contributed by atoms with Crippen LogP contribution in [-0.4, -0.2) is 9.55 Å². The van der Waals surface area contributed by atoms with Crippen molar-refractivity contribution in [3.8, 4) is 5.69 Å². The van der Waals surface area contributed by atoms with E-state index in [1.54, 1.807) is 18.2 Å². The zero-order valence-corrected chi connectivity index (χ0v) is 10.3. The Hall–Kier alpha value is -2.14. The Balaban J connectivity index is 2.39. The van der Waals surface area contributed by atoms with Crippen LogP contribution >= 0.6 is 11.6 Å². The first-order valence-electron chi connectivity index (χ1n) is 5.46. The van der Waals surface area contributed by atoms with E-state index >= 15 is 0 Å².